The number of H-pyrrole nitrogens is 1. The lowest BCUT2D eigenvalue weighted by molar-refractivity contribution is 1.14. The van der Waals surface area contributed by atoms with E-state index >= 15 is 0 Å². The average molecular weight is 153 g/mol. The third-order valence-corrected chi connectivity index (χ3v) is 1.66. The number of hydrogen-bond donors (Lipinski definition) is 2. The van der Waals surface area contributed by atoms with Crippen LogP contribution in [-0.2, 0) is 0 Å². The highest BCUT2D eigenvalue weighted by Gasteiger charge is 1.97. The second-order valence-electron chi connectivity index (χ2n) is 1.70. The molecule has 0 spiro atoms. The van der Waals surface area contributed by atoms with Gasteiger partial charge in [-0.3, -0.25) is 5.41 Å². The standard InChI is InChI=1S/C4H3N5S/c5-3-2-4(7-1-6-2)8-9-10-3/h1,5H,(H,6,7). The summed E-state index contributed by atoms with van der Waals surface area (Å²) >= 11 is 1.04. The first-order valence-electron chi connectivity index (χ1n) is 2.58. The summed E-state index contributed by atoms with van der Waals surface area (Å²) in [7, 11) is 0. The summed E-state index contributed by atoms with van der Waals surface area (Å²) in [6.07, 6.45) is 1.50. The number of rotatable bonds is 0. The van der Waals surface area contributed by atoms with Crippen LogP contribution in [0.2, 0.25) is 0 Å². The Morgan fingerprint density at radius 2 is 2.50 bits per heavy atom. The Kier molecular flexibility index (Phi) is 1.01. The van der Waals surface area contributed by atoms with Crippen LogP contribution >= 0.6 is 11.5 Å². The van der Waals surface area contributed by atoms with Gasteiger partial charge in [0, 0.05) is 11.5 Å². The second kappa shape index (κ2) is 1.84. The lowest BCUT2D eigenvalue weighted by Crippen LogP contribution is -1.97. The van der Waals surface area contributed by atoms with Crippen molar-refractivity contribution in [3.8, 4) is 0 Å². The Bertz CT molecular complexity index is 401. The molecule has 0 saturated heterocycles. The molecule has 2 heterocycles. The van der Waals surface area contributed by atoms with Crippen LogP contribution in [0.15, 0.2) is 6.33 Å². The van der Waals surface area contributed by atoms with E-state index in [0.29, 0.717) is 15.8 Å². The van der Waals surface area contributed by atoms with E-state index in [9.17, 15) is 0 Å². The average Bonchev–Trinajstić information content (AvgIpc) is 2.36. The number of aromatic nitrogens is 4. The van der Waals surface area contributed by atoms with Crippen LogP contribution < -0.4 is 4.67 Å². The van der Waals surface area contributed by atoms with E-state index in [-0.39, 0.29) is 0 Å². The number of fused-ring (bicyclic) bond motifs is 1. The molecule has 0 aliphatic heterocycles. The quantitative estimate of drug-likeness (QED) is 0.554. The third kappa shape index (κ3) is 0.623. The van der Waals surface area contributed by atoms with E-state index in [1.807, 2.05) is 0 Å². The molecule has 10 heavy (non-hydrogen) atoms. The molecule has 2 aromatic heterocycles. The van der Waals surface area contributed by atoms with Crippen molar-refractivity contribution in [1.29, 1.82) is 5.41 Å². The predicted octanol–water partition coefficient (Wildman–Crippen LogP) is -0.106. The molecule has 0 atom stereocenters. The summed E-state index contributed by atoms with van der Waals surface area (Å²) in [4.78, 5) is 6.63. The molecule has 0 aliphatic carbocycles. The molecular weight excluding hydrogens is 150 g/mol. The zero-order valence-electron chi connectivity index (χ0n) is 4.83. The lowest BCUT2D eigenvalue weighted by atomic mass is 10.6. The zero-order valence-corrected chi connectivity index (χ0v) is 5.64. The Labute approximate surface area is 59.4 Å². The molecule has 0 fully saturated rings. The molecule has 2 N–H and O–H groups in total. The topological polar surface area (TPSA) is 78.3 Å². The molecule has 0 saturated carbocycles. The summed E-state index contributed by atoms with van der Waals surface area (Å²) < 4.78 is 3.97. The Morgan fingerprint density at radius 3 is 3.30 bits per heavy atom. The maximum atomic E-state index is 7.33. The van der Waals surface area contributed by atoms with Crippen molar-refractivity contribution >= 4 is 22.7 Å². The number of imidazole rings is 1. The van der Waals surface area contributed by atoms with E-state index in [1.165, 1.54) is 6.33 Å². The van der Waals surface area contributed by atoms with E-state index in [0.717, 1.165) is 11.5 Å². The van der Waals surface area contributed by atoms with E-state index < -0.39 is 0 Å². The van der Waals surface area contributed by atoms with Gasteiger partial charge in [-0.05, 0) is 0 Å². The molecule has 2 aromatic rings. The fourth-order valence-corrected chi connectivity index (χ4v) is 1.12. The van der Waals surface area contributed by atoms with Gasteiger partial charge in [0.05, 0.1) is 6.33 Å². The highest BCUT2D eigenvalue weighted by Crippen LogP contribution is 1.96. The van der Waals surface area contributed by atoms with Gasteiger partial charge in [0.1, 0.15) is 5.52 Å². The first-order valence-corrected chi connectivity index (χ1v) is 3.35. The van der Waals surface area contributed by atoms with Crippen LogP contribution in [0.1, 0.15) is 0 Å². The molecule has 0 radical (unpaired) electrons. The lowest BCUT2D eigenvalue weighted by Gasteiger charge is -1.80. The Hall–Kier alpha value is -1.30. The fourth-order valence-electron chi connectivity index (χ4n) is 0.676. The van der Waals surface area contributed by atoms with Crippen LogP contribution in [-0.4, -0.2) is 19.6 Å². The minimum absolute atomic E-state index is 0.363. The van der Waals surface area contributed by atoms with Gasteiger partial charge in [0.2, 0.25) is 5.65 Å². The smallest absolute Gasteiger partial charge is 0.203 e. The predicted molar refractivity (Wildman–Crippen MR) is 35.4 cm³/mol. The van der Waals surface area contributed by atoms with Crippen LogP contribution in [0.4, 0.5) is 0 Å². The maximum absolute atomic E-state index is 7.33. The number of hydrogen-bond acceptors (Lipinski definition) is 5. The van der Waals surface area contributed by atoms with Crippen molar-refractivity contribution in [3.05, 3.63) is 11.0 Å². The Balaban J connectivity index is 3.09. The minimum Gasteiger partial charge on any atom is -0.341 e. The highest BCUT2D eigenvalue weighted by molar-refractivity contribution is 7.03. The molecule has 5 nitrogen and oxygen atoms in total. The van der Waals surface area contributed by atoms with Crippen LogP contribution in [0.5, 0.6) is 0 Å². The van der Waals surface area contributed by atoms with E-state index in [1.54, 1.807) is 0 Å². The van der Waals surface area contributed by atoms with Crippen LogP contribution in [0.3, 0.4) is 0 Å². The van der Waals surface area contributed by atoms with Crippen molar-refractivity contribution in [1.82, 2.24) is 19.6 Å². The molecule has 0 amide bonds. The highest BCUT2D eigenvalue weighted by atomic mass is 32.1. The summed E-state index contributed by atoms with van der Waals surface area (Å²) in [5, 5.41) is 11.0. The van der Waals surface area contributed by atoms with Crippen molar-refractivity contribution in [3.63, 3.8) is 0 Å². The number of nitrogens with zero attached hydrogens (tertiary/aromatic N) is 3. The molecule has 50 valence electrons. The van der Waals surface area contributed by atoms with Crippen molar-refractivity contribution in [2.75, 3.05) is 0 Å². The normalized spacial score (nSPS) is 10.4. The summed E-state index contributed by atoms with van der Waals surface area (Å²) in [6, 6.07) is 0. The van der Waals surface area contributed by atoms with Crippen molar-refractivity contribution in [2.24, 2.45) is 0 Å². The second-order valence-corrected chi connectivity index (χ2v) is 2.46. The Morgan fingerprint density at radius 1 is 1.60 bits per heavy atom. The van der Waals surface area contributed by atoms with E-state index in [2.05, 4.69) is 19.6 Å². The molecule has 0 bridgehead atoms. The first kappa shape index (κ1) is 5.48. The van der Waals surface area contributed by atoms with Gasteiger partial charge < -0.3 is 4.98 Å². The molecule has 6 heteroatoms. The van der Waals surface area contributed by atoms with Crippen molar-refractivity contribution in [2.45, 2.75) is 0 Å². The third-order valence-electron chi connectivity index (χ3n) is 1.11. The van der Waals surface area contributed by atoms with Crippen LogP contribution in [0.25, 0.3) is 11.2 Å². The molecule has 2 rings (SSSR count). The first-order chi connectivity index (χ1) is 4.88. The molecular formula is C4H3N5S. The van der Waals surface area contributed by atoms with Gasteiger partial charge >= 0.3 is 0 Å². The van der Waals surface area contributed by atoms with E-state index in [4.69, 9.17) is 5.41 Å². The van der Waals surface area contributed by atoms with Crippen molar-refractivity contribution < 1.29 is 0 Å². The van der Waals surface area contributed by atoms with Gasteiger partial charge in [-0.15, -0.1) is 5.10 Å². The van der Waals surface area contributed by atoms with Gasteiger partial charge in [0.25, 0.3) is 0 Å². The molecule has 0 unspecified atom stereocenters. The minimum atomic E-state index is 0.363. The summed E-state index contributed by atoms with van der Waals surface area (Å²) in [5.74, 6) is 0. The molecule has 0 aromatic carbocycles. The van der Waals surface area contributed by atoms with Crippen LogP contribution in [0, 0.1) is 5.41 Å². The number of aromatic amines is 1. The monoisotopic (exact) mass is 153 g/mol. The van der Waals surface area contributed by atoms with Gasteiger partial charge in [0.15, 0.2) is 4.67 Å². The maximum Gasteiger partial charge on any atom is 0.203 e. The fraction of sp³-hybridized carbons (Fsp3) is 0. The summed E-state index contributed by atoms with van der Waals surface area (Å²) in [5.41, 5.74) is 1.16. The van der Waals surface area contributed by atoms with Gasteiger partial charge in [-0.2, -0.15) is 0 Å². The van der Waals surface area contributed by atoms with Gasteiger partial charge in [-0.1, -0.05) is 4.49 Å². The SMILES string of the molecule is N=c1snnc2nc[nH]c12. The summed E-state index contributed by atoms with van der Waals surface area (Å²) in [6.45, 7) is 0. The van der Waals surface area contributed by atoms with Gasteiger partial charge in [-0.25, -0.2) is 4.98 Å². The largest absolute Gasteiger partial charge is 0.341 e. The zero-order chi connectivity index (χ0) is 6.97. The molecule has 0 aliphatic rings. The number of nitrogens with one attached hydrogen (secondary N) is 2.